The molecule has 1 saturated heterocycles. The molecule has 56 heavy (non-hydrogen) atoms. The van der Waals surface area contributed by atoms with Crippen LogP contribution in [0.1, 0.15) is 83.9 Å². The first-order chi connectivity index (χ1) is 26.3. The fourth-order valence-corrected chi connectivity index (χ4v) is 6.04. The lowest BCUT2D eigenvalue weighted by Gasteiger charge is -2.39. The molecule has 0 saturated carbocycles. The number of amides is 2. The van der Waals surface area contributed by atoms with Gasteiger partial charge in [-0.25, -0.2) is 22.8 Å². The van der Waals surface area contributed by atoms with Gasteiger partial charge in [-0.2, -0.15) is 0 Å². The average molecular weight is 785 g/mol. The van der Waals surface area contributed by atoms with Crippen molar-refractivity contribution in [3.05, 3.63) is 101 Å². The Balaban J connectivity index is 1.60. The molecular weight excluding hydrogens is 733 g/mol. The molecule has 3 atom stereocenters. The molecular formula is C42H51F3N2O9. The second-order valence-corrected chi connectivity index (χ2v) is 15.6. The van der Waals surface area contributed by atoms with E-state index in [1.807, 2.05) is 6.92 Å². The van der Waals surface area contributed by atoms with E-state index in [4.69, 9.17) is 23.7 Å². The lowest BCUT2D eigenvalue weighted by atomic mass is 9.82. The summed E-state index contributed by atoms with van der Waals surface area (Å²) in [6.07, 6.45) is -1.95. The fraction of sp³-hybridized carbons (Fsp3) is 0.476. The third-order valence-electron chi connectivity index (χ3n) is 8.52. The van der Waals surface area contributed by atoms with Crippen LogP contribution in [0, 0.1) is 17.5 Å². The van der Waals surface area contributed by atoms with Gasteiger partial charge in [-0.15, -0.1) is 0 Å². The van der Waals surface area contributed by atoms with E-state index in [2.05, 4.69) is 5.32 Å². The number of benzene rings is 3. The molecule has 304 valence electrons. The van der Waals surface area contributed by atoms with Crippen LogP contribution in [-0.2, 0) is 35.0 Å². The third kappa shape index (κ3) is 13.0. The number of para-hydroxylation sites is 1. The molecule has 4 rings (SSSR count). The highest BCUT2D eigenvalue weighted by Crippen LogP contribution is 2.32. The quantitative estimate of drug-likeness (QED) is 0.129. The molecule has 1 heterocycles. The van der Waals surface area contributed by atoms with E-state index in [1.165, 1.54) is 65.6 Å². The highest BCUT2D eigenvalue weighted by molar-refractivity contribution is 5.91. The minimum Gasteiger partial charge on any atom is -0.487 e. The number of nitrogens with one attached hydrogen (secondary N) is 1. The Hall–Kier alpha value is -5.11. The van der Waals surface area contributed by atoms with Gasteiger partial charge in [0.2, 0.25) is 0 Å². The number of hydrogen-bond acceptors (Lipinski definition) is 9. The summed E-state index contributed by atoms with van der Waals surface area (Å²) in [4.78, 5) is 54.3. The normalized spacial score (nSPS) is 16.5. The lowest BCUT2D eigenvalue weighted by Crippen LogP contribution is -2.56. The van der Waals surface area contributed by atoms with Crippen molar-refractivity contribution in [3.8, 4) is 5.75 Å². The van der Waals surface area contributed by atoms with Gasteiger partial charge in [-0.3, -0.25) is 14.5 Å². The van der Waals surface area contributed by atoms with Gasteiger partial charge in [0.05, 0.1) is 19.2 Å². The van der Waals surface area contributed by atoms with Crippen LogP contribution in [0.3, 0.4) is 0 Å². The van der Waals surface area contributed by atoms with Crippen molar-refractivity contribution in [2.45, 2.75) is 103 Å². The number of carbonyl (C=O) groups is 4. The minimum absolute atomic E-state index is 0.0263. The number of carbonyl (C=O) groups excluding carboxylic acids is 4. The zero-order valence-electron chi connectivity index (χ0n) is 32.9. The molecule has 3 aromatic rings. The van der Waals surface area contributed by atoms with Crippen molar-refractivity contribution in [3.63, 3.8) is 0 Å². The Bertz CT molecular complexity index is 1760. The number of Topliss-reactive ketones (excluding diaryl/α,β-unsaturated/α-hetero) is 1. The average Bonchev–Trinajstić information content (AvgIpc) is 3.10. The number of nitrogens with zero attached hydrogens (tertiary/aromatic N) is 1. The topological polar surface area (TPSA) is 130 Å². The first kappa shape index (κ1) is 43.6. The molecule has 1 fully saturated rings. The first-order valence-electron chi connectivity index (χ1n) is 18.5. The van der Waals surface area contributed by atoms with Crippen molar-refractivity contribution >= 4 is 23.9 Å². The maximum atomic E-state index is 15.5. The van der Waals surface area contributed by atoms with Crippen LogP contribution in [0.15, 0.2) is 66.7 Å². The van der Waals surface area contributed by atoms with E-state index in [1.54, 1.807) is 41.5 Å². The van der Waals surface area contributed by atoms with Gasteiger partial charge in [0.1, 0.15) is 48.2 Å². The van der Waals surface area contributed by atoms with Crippen molar-refractivity contribution in [2.24, 2.45) is 0 Å². The predicted octanol–water partition coefficient (Wildman–Crippen LogP) is 7.67. The fourth-order valence-electron chi connectivity index (χ4n) is 6.04. The van der Waals surface area contributed by atoms with Crippen LogP contribution in [0.4, 0.5) is 22.8 Å². The molecule has 0 spiro atoms. The van der Waals surface area contributed by atoms with E-state index in [-0.39, 0.29) is 44.1 Å². The van der Waals surface area contributed by atoms with Crippen molar-refractivity contribution in [1.82, 2.24) is 10.2 Å². The monoisotopic (exact) mass is 784 g/mol. The van der Waals surface area contributed by atoms with Gasteiger partial charge in [0.15, 0.2) is 17.3 Å². The van der Waals surface area contributed by atoms with E-state index < -0.39 is 83.1 Å². The first-order valence-corrected chi connectivity index (χ1v) is 18.5. The van der Waals surface area contributed by atoms with Crippen LogP contribution in [0.2, 0.25) is 0 Å². The number of morpholine rings is 1. The Labute approximate surface area is 325 Å². The Morgan fingerprint density at radius 2 is 1.43 bits per heavy atom. The van der Waals surface area contributed by atoms with Gasteiger partial charge >= 0.3 is 18.2 Å². The van der Waals surface area contributed by atoms with E-state index in [0.29, 0.717) is 17.5 Å². The van der Waals surface area contributed by atoms with Crippen LogP contribution in [-0.4, -0.2) is 84.6 Å². The Kier molecular flexibility index (Phi) is 14.9. The van der Waals surface area contributed by atoms with Gasteiger partial charge in [-0.1, -0.05) is 43.3 Å². The van der Waals surface area contributed by atoms with Crippen molar-refractivity contribution in [2.75, 3.05) is 26.4 Å². The Morgan fingerprint density at radius 3 is 1.98 bits per heavy atom. The number of alkyl carbamates (subject to hydrolysis) is 1. The lowest BCUT2D eigenvalue weighted by molar-refractivity contribution is -0.149. The molecule has 1 aliphatic heterocycles. The number of esters is 1. The largest absolute Gasteiger partial charge is 0.487 e. The molecule has 2 amide bonds. The van der Waals surface area contributed by atoms with Gasteiger partial charge in [-0.05, 0) is 89.4 Å². The molecule has 3 aromatic carbocycles. The summed E-state index contributed by atoms with van der Waals surface area (Å²) >= 11 is 0. The van der Waals surface area contributed by atoms with E-state index >= 15 is 4.39 Å². The van der Waals surface area contributed by atoms with E-state index in [9.17, 15) is 28.0 Å². The summed E-state index contributed by atoms with van der Waals surface area (Å²) in [5.74, 6) is -4.03. The standard InChI is InChI=1S/C42H51F3N2O9/c1-8-10-35(49)53-24-31-23-52-32(22-47(31)40(51)56-42(5,6)7)25-54-38-28(11-9-12-33(38)45)21-34(48)37(46-39(50)55-41(2,3)4)36(26-13-17-29(43)18-14-26)27-15-19-30(44)20-16-27/h9,11-20,31-32,36-37H,8,10,21-25H2,1-7H3,(H,46,50)/t31-,32-,37+/m0/s1. The van der Waals surface area contributed by atoms with Crippen LogP contribution in [0.5, 0.6) is 5.75 Å². The summed E-state index contributed by atoms with van der Waals surface area (Å²) in [7, 11) is 0. The van der Waals surface area contributed by atoms with Crippen molar-refractivity contribution < 1.29 is 56.0 Å². The van der Waals surface area contributed by atoms with Gasteiger partial charge in [0.25, 0.3) is 0 Å². The maximum absolute atomic E-state index is 15.5. The number of halogens is 3. The van der Waals surface area contributed by atoms with Crippen molar-refractivity contribution in [1.29, 1.82) is 0 Å². The summed E-state index contributed by atoms with van der Waals surface area (Å²) in [6, 6.07) is 12.7. The number of rotatable bonds is 14. The molecule has 0 aromatic heterocycles. The zero-order valence-corrected chi connectivity index (χ0v) is 32.9. The summed E-state index contributed by atoms with van der Waals surface area (Å²) in [5.41, 5.74) is -0.732. The Morgan fingerprint density at radius 1 is 0.839 bits per heavy atom. The maximum Gasteiger partial charge on any atom is 0.410 e. The van der Waals surface area contributed by atoms with E-state index in [0.717, 1.165) is 6.07 Å². The smallest absolute Gasteiger partial charge is 0.410 e. The molecule has 11 nitrogen and oxygen atoms in total. The second kappa shape index (κ2) is 19.2. The molecule has 14 heteroatoms. The minimum atomic E-state index is -1.36. The SMILES string of the molecule is CCCC(=O)OC[C@@H]1CO[C@H](COc2c(F)cccc2CC(=O)[C@@H](NC(=O)OC(C)(C)C)C(c2ccc(F)cc2)c2ccc(F)cc2)CN1C(=O)OC(C)(C)C. The van der Waals surface area contributed by atoms with Gasteiger partial charge < -0.3 is 29.0 Å². The highest BCUT2D eigenvalue weighted by Gasteiger charge is 2.37. The number of ketones is 1. The number of hydrogen-bond donors (Lipinski definition) is 1. The summed E-state index contributed by atoms with van der Waals surface area (Å²) in [6.45, 7) is 11.6. The molecule has 0 unspecified atom stereocenters. The predicted molar refractivity (Wildman–Crippen MR) is 201 cm³/mol. The summed E-state index contributed by atoms with van der Waals surface area (Å²) < 4.78 is 72.1. The molecule has 1 aliphatic rings. The van der Waals surface area contributed by atoms with Crippen LogP contribution in [0.25, 0.3) is 0 Å². The summed E-state index contributed by atoms with van der Waals surface area (Å²) in [5, 5.41) is 2.66. The zero-order chi connectivity index (χ0) is 41.2. The molecule has 1 N–H and O–H groups in total. The molecule has 0 bridgehead atoms. The molecule has 0 radical (unpaired) electrons. The molecule has 0 aliphatic carbocycles. The van der Waals surface area contributed by atoms with Crippen LogP contribution >= 0.6 is 0 Å². The highest BCUT2D eigenvalue weighted by atomic mass is 19.1. The van der Waals surface area contributed by atoms with Crippen LogP contribution < -0.4 is 10.1 Å². The third-order valence-corrected chi connectivity index (χ3v) is 8.52. The second-order valence-electron chi connectivity index (χ2n) is 15.6. The van der Waals surface area contributed by atoms with Gasteiger partial charge in [0, 0.05) is 24.3 Å². The number of ether oxygens (including phenoxy) is 5.